The number of anilines is 1. The first kappa shape index (κ1) is 17.3. The van der Waals surface area contributed by atoms with Gasteiger partial charge in [0.2, 0.25) is 5.88 Å². The third kappa shape index (κ3) is 5.59. The van der Waals surface area contributed by atoms with Crippen molar-refractivity contribution in [1.82, 2.24) is 9.88 Å². The van der Waals surface area contributed by atoms with Crippen molar-refractivity contribution in [2.45, 2.75) is 25.6 Å². The van der Waals surface area contributed by atoms with Crippen molar-refractivity contribution in [3.63, 3.8) is 0 Å². The number of morpholine rings is 1. The van der Waals surface area contributed by atoms with Gasteiger partial charge in [0, 0.05) is 19.2 Å². The van der Waals surface area contributed by atoms with Gasteiger partial charge in [-0.15, -0.1) is 0 Å². The lowest BCUT2D eigenvalue weighted by atomic mass is 10.2. The van der Waals surface area contributed by atoms with Crippen molar-refractivity contribution in [2.75, 3.05) is 31.6 Å². The summed E-state index contributed by atoms with van der Waals surface area (Å²) in [6, 6.07) is 2.42. The fourth-order valence-electron chi connectivity index (χ4n) is 2.05. The number of amides is 2. The standard InChI is InChI=1S/C14H18F3N3O3/c1-2-11-8-20(5-6-22-11)13(21)19-10-3-4-12(18-7-10)23-9-14(15,16)17/h3-4,7,11H,2,5-6,8-9H2,1H3,(H,19,21). The fourth-order valence-corrected chi connectivity index (χ4v) is 2.05. The van der Waals surface area contributed by atoms with Gasteiger partial charge in [-0.1, -0.05) is 6.92 Å². The summed E-state index contributed by atoms with van der Waals surface area (Å²) >= 11 is 0. The van der Waals surface area contributed by atoms with Crippen molar-refractivity contribution >= 4 is 11.7 Å². The Labute approximate surface area is 131 Å². The Morgan fingerprint density at radius 2 is 2.30 bits per heavy atom. The molecule has 0 radical (unpaired) electrons. The van der Waals surface area contributed by atoms with Gasteiger partial charge in [-0.05, 0) is 12.5 Å². The van der Waals surface area contributed by atoms with E-state index in [4.69, 9.17) is 4.74 Å². The molecule has 1 aromatic heterocycles. The zero-order valence-corrected chi connectivity index (χ0v) is 12.6. The smallest absolute Gasteiger partial charge is 0.422 e. The van der Waals surface area contributed by atoms with Gasteiger partial charge in [-0.3, -0.25) is 0 Å². The molecule has 1 N–H and O–H groups in total. The van der Waals surface area contributed by atoms with Gasteiger partial charge in [-0.25, -0.2) is 9.78 Å². The number of urea groups is 1. The van der Waals surface area contributed by atoms with Crippen LogP contribution in [0.25, 0.3) is 0 Å². The fraction of sp³-hybridized carbons (Fsp3) is 0.571. The molecule has 1 aliphatic rings. The maximum atomic E-state index is 12.1. The van der Waals surface area contributed by atoms with Crippen LogP contribution in [0.1, 0.15) is 13.3 Å². The first-order valence-corrected chi connectivity index (χ1v) is 7.20. The highest BCUT2D eigenvalue weighted by atomic mass is 19.4. The van der Waals surface area contributed by atoms with Crippen LogP contribution in [0.5, 0.6) is 5.88 Å². The largest absolute Gasteiger partial charge is 0.468 e. The number of hydrogen-bond acceptors (Lipinski definition) is 4. The van der Waals surface area contributed by atoms with E-state index in [2.05, 4.69) is 15.0 Å². The molecule has 2 heterocycles. The van der Waals surface area contributed by atoms with E-state index in [1.165, 1.54) is 18.3 Å². The number of aromatic nitrogens is 1. The first-order chi connectivity index (χ1) is 10.9. The average Bonchev–Trinajstić information content (AvgIpc) is 2.53. The minimum absolute atomic E-state index is 0.0192. The molecule has 6 nitrogen and oxygen atoms in total. The summed E-state index contributed by atoms with van der Waals surface area (Å²) in [6.45, 7) is 2.05. The second-order valence-electron chi connectivity index (χ2n) is 5.07. The van der Waals surface area contributed by atoms with E-state index in [0.717, 1.165) is 6.42 Å². The molecule has 9 heteroatoms. The number of nitrogens with zero attached hydrogens (tertiary/aromatic N) is 2. The molecule has 0 spiro atoms. The predicted octanol–water partition coefficient (Wildman–Crippen LogP) is 2.67. The van der Waals surface area contributed by atoms with Gasteiger partial charge in [0.25, 0.3) is 0 Å². The highest BCUT2D eigenvalue weighted by molar-refractivity contribution is 5.89. The summed E-state index contributed by atoms with van der Waals surface area (Å²) in [5, 5.41) is 2.65. The Morgan fingerprint density at radius 1 is 1.52 bits per heavy atom. The molecule has 0 bridgehead atoms. The van der Waals surface area contributed by atoms with E-state index in [1.807, 2.05) is 6.92 Å². The Balaban J connectivity index is 1.86. The molecule has 0 saturated carbocycles. The molecule has 0 aromatic carbocycles. The summed E-state index contributed by atoms with van der Waals surface area (Å²) in [5.74, 6) is -0.155. The minimum atomic E-state index is -4.42. The maximum Gasteiger partial charge on any atom is 0.422 e. The van der Waals surface area contributed by atoms with Gasteiger partial charge < -0.3 is 19.7 Å². The molecule has 1 unspecified atom stereocenters. The van der Waals surface area contributed by atoms with Crippen LogP contribution >= 0.6 is 0 Å². The quantitative estimate of drug-likeness (QED) is 0.920. The van der Waals surface area contributed by atoms with Crippen LogP contribution < -0.4 is 10.1 Å². The van der Waals surface area contributed by atoms with E-state index in [1.54, 1.807) is 4.90 Å². The van der Waals surface area contributed by atoms with Crippen molar-refractivity contribution in [3.05, 3.63) is 18.3 Å². The highest BCUT2D eigenvalue weighted by Gasteiger charge is 2.28. The van der Waals surface area contributed by atoms with Gasteiger partial charge in [0.05, 0.1) is 24.6 Å². The van der Waals surface area contributed by atoms with Crippen molar-refractivity contribution in [1.29, 1.82) is 0 Å². The average molecular weight is 333 g/mol. The normalized spacial score (nSPS) is 18.6. The molecule has 1 aliphatic heterocycles. The van der Waals surface area contributed by atoms with E-state index in [9.17, 15) is 18.0 Å². The molecule has 1 saturated heterocycles. The number of carbonyl (C=O) groups is 1. The molecule has 2 rings (SSSR count). The third-order valence-corrected chi connectivity index (χ3v) is 3.25. The predicted molar refractivity (Wildman–Crippen MR) is 76.4 cm³/mol. The number of alkyl halides is 3. The van der Waals surface area contributed by atoms with E-state index < -0.39 is 12.8 Å². The molecule has 1 aromatic rings. The molecular formula is C14H18F3N3O3. The Hall–Kier alpha value is -2.03. The zero-order chi connectivity index (χ0) is 16.9. The lowest BCUT2D eigenvalue weighted by molar-refractivity contribution is -0.154. The van der Waals surface area contributed by atoms with Gasteiger partial charge in [0.1, 0.15) is 0 Å². The molecular weight excluding hydrogens is 315 g/mol. The van der Waals surface area contributed by atoms with Crippen LogP contribution in [0.4, 0.5) is 23.7 Å². The highest BCUT2D eigenvalue weighted by Crippen LogP contribution is 2.18. The lowest BCUT2D eigenvalue weighted by Gasteiger charge is -2.32. The molecule has 128 valence electrons. The van der Waals surface area contributed by atoms with Crippen LogP contribution in [0.2, 0.25) is 0 Å². The number of hydrogen-bond donors (Lipinski definition) is 1. The van der Waals surface area contributed by atoms with Gasteiger partial charge in [-0.2, -0.15) is 13.2 Å². The summed E-state index contributed by atoms with van der Waals surface area (Å²) in [5.41, 5.74) is 0.383. The van der Waals surface area contributed by atoms with Crippen LogP contribution in [-0.4, -0.2) is 54.5 Å². The van der Waals surface area contributed by atoms with Crippen LogP contribution in [0, 0.1) is 0 Å². The number of nitrogens with one attached hydrogen (secondary N) is 1. The number of pyridine rings is 1. The molecule has 1 fully saturated rings. The number of ether oxygens (including phenoxy) is 2. The van der Waals surface area contributed by atoms with Crippen LogP contribution in [-0.2, 0) is 4.74 Å². The molecule has 23 heavy (non-hydrogen) atoms. The Kier molecular flexibility index (Phi) is 5.64. The maximum absolute atomic E-state index is 12.1. The zero-order valence-electron chi connectivity index (χ0n) is 12.6. The number of carbonyl (C=O) groups excluding carboxylic acids is 1. The Morgan fingerprint density at radius 3 is 2.91 bits per heavy atom. The van der Waals surface area contributed by atoms with E-state index in [0.29, 0.717) is 25.4 Å². The minimum Gasteiger partial charge on any atom is -0.468 e. The Bertz CT molecular complexity index is 522. The summed E-state index contributed by atoms with van der Waals surface area (Å²) in [6.07, 6.45) is -2.33. The van der Waals surface area contributed by atoms with Crippen molar-refractivity contribution < 1.29 is 27.4 Å². The second-order valence-corrected chi connectivity index (χ2v) is 5.07. The van der Waals surface area contributed by atoms with Crippen LogP contribution in [0.3, 0.4) is 0 Å². The van der Waals surface area contributed by atoms with E-state index >= 15 is 0 Å². The van der Waals surface area contributed by atoms with Crippen molar-refractivity contribution in [2.24, 2.45) is 0 Å². The summed E-state index contributed by atoms with van der Waals surface area (Å²) in [7, 11) is 0. The topological polar surface area (TPSA) is 63.7 Å². The van der Waals surface area contributed by atoms with Gasteiger partial charge >= 0.3 is 12.2 Å². The van der Waals surface area contributed by atoms with Crippen LogP contribution in [0.15, 0.2) is 18.3 Å². The van der Waals surface area contributed by atoms with Gasteiger partial charge in [0.15, 0.2) is 6.61 Å². The monoisotopic (exact) mass is 333 g/mol. The number of halogens is 3. The molecule has 1 atom stereocenters. The number of rotatable bonds is 4. The molecule has 2 amide bonds. The van der Waals surface area contributed by atoms with E-state index in [-0.39, 0.29) is 18.0 Å². The second kappa shape index (κ2) is 7.49. The summed E-state index contributed by atoms with van der Waals surface area (Å²) in [4.78, 5) is 17.5. The van der Waals surface area contributed by atoms with Crippen molar-refractivity contribution in [3.8, 4) is 5.88 Å². The lowest BCUT2D eigenvalue weighted by Crippen LogP contribution is -2.47. The third-order valence-electron chi connectivity index (χ3n) is 3.25. The summed E-state index contributed by atoms with van der Waals surface area (Å²) < 4.78 is 46.1. The molecule has 0 aliphatic carbocycles. The SMILES string of the molecule is CCC1CN(C(=O)Nc2ccc(OCC(F)(F)F)nc2)CCO1. The first-order valence-electron chi connectivity index (χ1n) is 7.20.